The molecule has 0 aliphatic carbocycles. The van der Waals surface area contributed by atoms with Gasteiger partial charge in [0.15, 0.2) is 0 Å². The van der Waals surface area contributed by atoms with E-state index in [1.165, 1.54) is 70.6 Å². The van der Waals surface area contributed by atoms with E-state index in [9.17, 15) is 15.0 Å². The number of carbonyl (C=O) groups is 1. The smallest absolute Gasteiger partial charge is 0.305 e. The molecular weight excluding hydrogens is 340 g/mol. The van der Waals surface area contributed by atoms with Crippen molar-refractivity contribution in [3.05, 3.63) is 0 Å². The van der Waals surface area contributed by atoms with Gasteiger partial charge in [0.2, 0.25) is 0 Å². The Balaban J connectivity index is 2.13. The molecule has 0 fully saturated rings. The van der Waals surface area contributed by atoms with Crippen LogP contribution in [0.4, 0.5) is 0 Å². The van der Waals surface area contributed by atoms with E-state index in [0.717, 1.165) is 19.4 Å². The van der Waals surface area contributed by atoms with Gasteiger partial charge in [0, 0.05) is 12.6 Å². The highest BCUT2D eigenvalue weighted by atomic mass is 16.4. The number of nitrogens with zero attached hydrogens (tertiary/aromatic N) is 2. The highest BCUT2D eigenvalue weighted by Gasteiger charge is 2.29. The summed E-state index contributed by atoms with van der Waals surface area (Å²) >= 11 is 0. The van der Waals surface area contributed by atoms with Crippen LogP contribution in [-0.2, 0) is 4.79 Å². The van der Waals surface area contributed by atoms with E-state index >= 15 is 0 Å². The maximum atomic E-state index is 11.2. The van der Waals surface area contributed by atoms with E-state index < -0.39 is 12.1 Å². The van der Waals surface area contributed by atoms with Gasteiger partial charge in [-0.3, -0.25) is 9.79 Å². The fourth-order valence-corrected chi connectivity index (χ4v) is 4.01. The van der Waals surface area contributed by atoms with Crippen molar-refractivity contribution in [3.8, 4) is 0 Å². The lowest BCUT2D eigenvalue weighted by atomic mass is 10.0. The lowest BCUT2D eigenvalue weighted by Gasteiger charge is -2.31. The quantitative estimate of drug-likeness (QED) is 0.347. The number of carboxylic acid groups (broad SMARTS) is 1. The average Bonchev–Trinajstić information content (AvgIpc) is 3.11. The van der Waals surface area contributed by atoms with Crippen molar-refractivity contribution >= 4 is 11.8 Å². The van der Waals surface area contributed by atoms with Gasteiger partial charge < -0.3 is 15.1 Å². The second-order valence-electron chi connectivity index (χ2n) is 8.04. The van der Waals surface area contributed by atoms with Crippen LogP contribution >= 0.6 is 0 Å². The summed E-state index contributed by atoms with van der Waals surface area (Å²) < 4.78 is 0. The number of amidine groups is 1. The van der Waals surface area contributed by atoms with E-state index in [1.807, 2.05) is 4.90 Å². The first kappa shape index (κ1) is 23.9. The topological polar surface area (TPSA) is 73.1 Å². The van der Waals surface area contributed by atoms with Crippen molar-refractivity contribution in [2.75, 3.05) is 13.1 Å². The van der Waals surface area contributed by atoms with Crippen LogP contribution in [0.15, 0.2) is 4.99 Å². The number of aliphatic hydroxyl groups is 1. The molecule has 1 aliphatic rings. The van der Waals surface area contributed by atoms with Gasteiger partial charge in [0.05, 0.1) is 13.0 Å². The number of rotatable bonds is 17. The van der Waals surface area contributed by atoms with Gasteiger partial charge in [0.25, 0.3) is 0 Å². The second-order valence-corrected chi connectivity index (χ2v) is 8.04. The van der Waals surface area contributed by atoms with Crippen LogP contribution in [0.1, 0.15) is 104 Å². The number of aliphatic carboxylic acids is 1. The third kappa shape index (κ3) is 10.7. The number of hydrogen-bond acceptors (Lipinski definition) is 4. The zero-order valence-electron chi connectivity index (χ0n) is 17.7. The zero-order chi connectivity index (χ0) is 19.9. The average molecular weight is 383 g/mol. The van der Waals surface area contributed by atoms with Gasteiger partial charge in [-0.05, 0) is 13.3 Å². The molecule has 2 unspecified atom stereocenters. The largest absolute Gasteiger partial charge is 0.481 e. The fourth-order valence-electron chi connectivity index (χ4n) is 4.01. The molecule has 5 heteroatoms. The number of aliphatic imine (C=N–C) groups is 1. The van der Waals surface area contributed by atoms with Crippen LogP contribution in [-0.4, -0.2) is 52.2 Å². The third-order valence-electron chi connectivity index (χ3n) is 5.52. The van der Waals surface area contributed by atoms with Crippen LogP contribution in [0.3, 0.4) is 0 Å². The molecule has 0 aromatic heterocycles. The lowest BCUT2D eigenvalue weighted by molar-refractivity contribution is -0.138. The Bertz CT molecular complexity index is 424. The molecule has 0 saturated carbocycles. The maximum absolute atomic E-state index is 11.2. The van der Waals surface area contributed by atoms with Gasteiger partial charge in [-0.2, -0.15) is 0 Å². The molecule has 1 rings (SSSR count). The molecule has 0 aromatic rings. The molecule has 0 amide bonds. The number of carboxylic acids is 1. The molecule has 27 heavy (non-hydrogen) atoms. The highest BCUT2D eigenvalue weighted by Crippen LogP contribution is 2.20. The van der Waals surface area contributed by atoms with Crippen LogP contribution in [0.2, 0.25) is 0 Å². The summed E-state index contributed by atoms with van der Waals surface area (Å²) in [6.07, 6.45) is 16.1. The molecule has 2 atom stereocenters. The van der Waals surface area contributed by atoms with Crippen LogP contribution in [0.5, 0.6) is 0 Å². The Hall–Kier alpha value is -1.10. The molecule has 158 valence electrons. The molecular formula is C22H42N2O3. The molecule has 5 nitrogen and oxygen atoms in total. The SMILES string of the molecule is CCCCCCCCCCCCCCC(CC(=O)O)N1CCN=C1C(C)O. The summed E-state index contributed by atoms with van der Waals surface area (Å²) in [7, 11) is 0. The summed E-state index contributed by atoms with van der Waals surface area (Å²) in [6.45, 7) is 5.36. The Kier molecular flexibility index (Phi) is 13.2. The van der Waals surface area contributed by atoms with Gasteiger partial charge in [-0.1, -0.05) is 84.0 Å². The van der Waals surface area contributed by atoms with Crippen molar-refractivity contribution in [2.45, 2.75) is 116 Å². The van der Waals surface area contributed by atoms with E-state index in [1.54, 1.807) is 6.92 Å². The molecule has 0 spiro atoms. The monoisotopic (exact) mass is 382 g/mol. The molecule has 0 saturated heterocycles. The minimum Gasteiger partial charge on any atom is -0.481 e. The van der Waals surface area contributed by atoms with Gasteiger partial charge >= 0.3 is 5.97 Å². The predicted molar refractivity (Wildman–Crippen MR) is 112 cm³/mol. The Morgan fingerprint density at radius 1 is 1.00 bits per heavy atom. The molecule has 0 aromatic carbocycles. The van der Waals surface area contributed by atoms with Gasteiger partial charge in [0.1, 0.15) is 11.9 Å². The normalized spacial score (nSPS) is 16.4. The van der Waals surface area contributed by atoms with Crippen molar-refractivity contribution < 1.29 is 15.0 Å². The molecule has 0 bridgehead atoms. The van der Waals surface area contributed by atoms with Crippen molar-refractivity contribution in [1.82, 2.24) is 4.90 Å². The Morgan fingerprint density at radius 3 is 2.00 bits per heavy atom. The summed E-state index contributed by atoms with van der Waals surface area (Å²) in [5.74, 6) is -0.101. The maximum Gasteiger partial charge on any atom is 0.305 e. The first-order chi connectivity index (χ1) is 13.1. The van der Waals surface area contributed by atoms with Gasteiger partial charge in [-0.15, -0.1) is 0 Å². The van der Waals surface area contributed by atoms with Crippen LogP contribution in [0, 0.1) is 0 Å². The summed E-state index contributed by atoms with van der Waals surface area (Å²) in [5, 5.41) is 19.1. The standard InChI is InChI=1S/C22H42N2O3/c1-3-4-5-6-7-8-9-10-11-12-13-14-15-20(18-21(26)27)24-17-16-23-22(24)19(2)25/h19-20,25H,3-18H2,1-2H3,(H,26,27). The van der Waals surface area contributed by atoms with E-state index in [2.05, 4.69) is 11.9 Å². The number of unbranched alkanes of at least 4 members (excludes halogenated alkanes) is 11. The van der Waals surface area contributed by atoms with Gasteiger partial charge in [-0.25, -0.2) is 0 Å². The van der Waals surface area contributed by atoms with Crippen molar-refractivity contribution in [3.63, 3.8) is 0 Å². The second kappa shape index (κ2) is 14.9. The predicted octanol–water partition coefficient (Wildman–Crippen LogP) is 5.02. The third-order valence-corrected chi connectivity index (χ3v) is 5.52. The van der Waals surface area contributed by atoms with E-state index in [0.29, 0.717) is 12.4 Å². The summed E-state index contributed by atoms with van der Waals surface area (Å²) in [5.41, 5.74) is 0. The first-order valence-electron chi connectivity index (χ1n) is 11.3. The zero-order valence-corrected chi connectivity index (χ0v) is 17.7. The Morgan fingerprint density at radius 2 is 1.52 bits per heavy atom. The molecule has 2 N–H and O–H groups in total. The van der Waals surface area contributed by atoms with Crippen molar-refractivity contribution in [2.24, 2.45) is 4.99 Å². The minimum absolute atomic E-state index is 0.0403. The lowest BCUT2D eigenvalue weighted by Crippen LogP contribution is -2.43. The molecule has 1 aliphatic heterocycles. The molecule has 0 radical (unpaired) electrons. The number of hydrogen-bond donors (Lipinski definition) is 2. The minimum atomic E-state index is -0.768. The van der Waals surface area contributed by atoms with E-state index in [-0.39, 0.29) is 12.5 Å². The summed E-state index contributed by atoms with van der Waals surface area (Å²) in [4.78, 5) is 17.6. The Labute approximate surface area is 166 Å². The molecule has 1 heterocycles. The first-order valence-corrected chi connectivity index (χ1v) is 11.3. The van der Waals surface area contributed by atoms with E-state index in [4.69, 9.17) is 0 Å². The van der Waals surface area contributed by atoms with Crippen LogP contribution in [0.25, 0.3) is 0 Å². The fraction of sp³-hybridized carbons (Fsp3) is 0.909. The van der Waals surface area contributed by atoms with Crippen molar-refractivity contribution in [1.29, 1.82) is 0 Å². The highest BCUT2D eigenvalue weighted by molar-refractivity contribution is 5.88. The van der Waals surface area contributed by atoms with Crippen LogP contribution < -0.4 is 0 Å². The summed E-state index contributed by atoms with van der Waals surface area (Å²) in [6, 6.07) is -0.0403. The number of aliphatic hydroxyl groups excluding tert-OH is 1.